The molecule has 7 heteroatoms. The van der Waals surface area contributed by atoms with Crippen molar-refractivity contribution < 1.29 is 17.9 Å². The summed E-state index contributed by atoms with van der Waals surface area (Å²) in [5, 5.41) is 2.67. The van der Waals surface area contributed by atoms with Crippen LogP contribution in [0.1, 0.15) is 38.2 Å². The summed E-state index contributed by atoms with van der Waals surface area (Å²) in [6.07, 6.45) is 1.25. The number of carbonyl (C=O) groups excluding carboxylic acids is 1. The number of rotatable bonds is 5. The predicted octanol–water partition coefficient (Wildman–Crippen LogP) is 1.38. The second-order valence-electron chi connectivity index (χ2n) is 5.67. The Labute approximate surface area is 131 Å². The van der Waals surface area contributed by atoms with Gasteiger partial charge in [-0.15, -0.1) is 0 Å². The van der Waals surface area contributed by atoms with Crippen molar-refractivity contribution >= 4 is 15.9 Å². The molecule has 1 aliphatic rings. The first-order chi connectivity index (χ1) is 10.3. The van der Waals surface area contributed by atoms with E-state index in [1.165, 1.54) is 7.11 Å². The summed E-state index contributed by atoms with van der Waals surface area (Å²) in [5.74, 6) is 0.180. The Kier molecular flexibility index (Phi) is 5.08. The summed E-state index contributed by atoms with van der Waals surface area (Å²) < 4.78 is 32.9. The highest BCUT2D eigenvalue weighted by Crippen LogP contribution is 2.28. The molecule has 1 atom stereocenters. The normalized spacial score (nSPS) is 19.1. The van der Waals surface area contributed by atoms with Crippen LogP contribution in [0.5, 0.6) is 5.75 Å². The van der Waals surface area contributed by atoms with E-state index in [4.69, 9.17) is 4.74 Å². The lowest BCUT2D eigenvalue weighted by Crippen LogP contribution is -2.50. The number of amides is 1. The van der Waals surface area contributed by atoms with Gasteiger partial charge in [0.2, 0.25) is 15.9 Å². The number of carbonyl (C=O) groups is 1. The smallest absolute Gasteiger partial charge is 0.244 e. The average molecular weight is 326 g/mol. The molecular formula is C15H22N2O4S. The summed E-state index contributed by atoms with van der Waals surface area (Å²) in [7, 11) is -2.40. The molecule has 1 aromatic carbocycles. The number of benzene rings is 1. The Hall–Kier alpha value is -1.60. The summed E-state index contributed by atoms with van der Waals surface area (Å²) in [6, 6.07) is 4.36. The van der Waals surface area contributed by atoms with Gasteiger partial charge in [-0.25, -0.2) is 8.42 Å². The van der Waals surface area contributed by atoms with Crippen LogP contribution in [-0.2, 0) is 14.8 Å². The summed E-state index contributed by atoms with van der Waals surface area (Å²) in [5.41, 5.74) is 0.897. The molecule has 1 aromatic rings. The molecule has 2 N–H and O–H groups in total. The van der Waals surface area contributed by atoms with Gasteiger partial charge in [0, 0.05) is 6.54 Å². The number of sulfonamides is 1. The molecule has 1 heterocycles. The standard InChI is InChI=1S/C15H22N2O4S/c1-10(2)11-6-7-13(21-3)14(9-11)22(19,20)17-12-5-4-8-16-15(12)18/h6-7,9-10,12,17H,4-5,8H2,1-3H3,(H,16,18)/t12-/m0/s1. The first-order valence-electron chi connectivity index (χ1n) is 7.33. The van der Waals surface area contributed by atoms with Crippen LogP contribution in [0.15, 0.2) is 23.1 Å². The zero-order valence-corrected chi connectivity index (χ0v) is 13.9. The number of ether oxygens (including phenoxy) is 1. The lowest BCUT2D eigenvalue weighted by molar-refractivity contribution is -0.124. The van der Waals surface area contributed by atoms with Gasteiger partial charge in [0.25, 0.3) is 0 Å². The molecule has 1 aliphatic heterocycles. The minimum absolute atomic E-state index is 0.0690. The van der Waals surface area contributed by atoms with Crippen molar-refractivity contribution in [3.8, 4) is 5.75 Å². The van der Waals surface area contributed by atoms with Crippen LogP contribution >= 0.6 is 0 Å². The highest BCUT2D eigenvalue weighted by atomic mass is 32.2. The maximum atomic E-state index is 12.6. The largest absolute Gasteiger partial charge is 0.495 e. The highest BCUT2D eigenvalue weighted by molar-refractivity contribution is 7.89. The summed E-state index contributed by atoms with van der Waals surface area (Å²) >= 11 is 0. The van der Waals surface area contributed by atoms with Gasteiger partial charge >= 0.3 is 0 Å². The Morgan fingerprint density at radius 3 is 2.68 bits per heavy atom. The third-order valence-corrected chi connectivity index (χ3v) is 5.22. The fourth-order valence-corrected chi connectivity index (χ4v) is 3.83. The van der Waals surface area contributed by atoms with Gasteiger partial charge < -0.3 is 10.1 Å². The van der Waals surface area contributed by atoms with Gasteiger partial charge in [-0.2, -0.15) is 4.72 Å². The summed E-state index contributed by atoms with van der Waals surface area (Å²) in [6.45, 7) is 4.56. The van der Waals surface area contributed by atoms with E-state index in [0.29, 0.717) is 13.0 Å². The van der Waals surface area contributed by atoms with Crippen molar-refractivity contribution in [2.45, 2.75) is 43.5 Å². The molecule has 0 radical (unpaired) electrons. The van der Waals surface area contributed by atoms with E-state index < -0.39 is 16.1 Å². The Morgan fingerprint density at radius 1 is 1.36 bits per heavy atom. The van der Waals surface area contributed by atoms with E-state index in [1.54, 1.807) is 12.1 Å². The molecule has 0 aromatic heterocycles. The fraction of sp³-hybridized carbons (Fsp3) is 0.533. The molecular weight excluding hydrogens is 304 g/mol. The summed E-state index contributed by atoms with van der Waals surface area (Å²) in [4.78, 5) is 11.8. The minimum atomic E-state index is -3.83. The zero-order valence-electron chi connectivity index (χ0n) is 13.0. The van der Waals surface area contributed by atoms with Gasteiger partial charge in [-0.3, -0.25) is 4.79 Å². The van der Waals surface area contributed by atoms with E-state index in [1.807, 2.05) is 19.9 Å². The maximum Gasteiger partial charge on any atom is 0.244 e. The Bertz CT molecular complexity index is 656. The lowest BCUT2D eigenvalue weighted by Gasteiger charge is -2.23. The van der Waals surface area contributed by atoms with Crippen LogP contribution in [-0.4, -0.2) is 34.0 Å². The molecule has 0 saturated carbocycles. The number of methoxy groups -OCH3 is 1. The number of hydrogen-bond acceptors (Lipinski definition) is 4. The molecule has 22 heavy (non-hydrogen) atoms. The van der Waals surface area contributed by atoms with Crippen LogP contribution < -0.4 is 14.8 Å². The van der Waals surface area contributed by atoms with Crippen molar-refractivity contribution in [2.75, 3.05) is 13.7 Å². The second kappa shape index (κ2) is 6.66. The molecule has 0 unspecified atom stereocenters. The SMILES string of the molecule is COc1ccc(C(C)C)cc1S(=O)(=O)N[C@H]1CCCNC1=O. The first-order valence-corrected chi connectivity index (χ1v) is 8.81. The molecule has 1 saturated heterocycles. The highest BCUT2D eigenvalue weighted by Gasteiger charge is 2.29. The van der Waals surface area contributed by atoms with Crippen molar-refractivity contribution in [3.63, 3.8) is 0 Å². The molecule has 122 valence electrons. The van der Waals surface area contributed by atoms with E-state index in [9.17, 15) is 13.2 Å². The van der Waals surface area contributed by atoms with Gasteiger partial charge in [0.05, 0.1) is 7.11 Å². The molecule has 0 aliphatic carbocycles. The van der Waals surface area contributed by atoms with E-state index in [2.05, 4.69) is 10.0 Å². The second-order valence-corrected chi connectivity index (χ2v) is 7.35. The van der Waals surface area contributed by atoms with Crippen LogP contribution in [0.3, 0.4) is 0 Å². The fourth-order valence-electron chi connectivity index (χ4n) is 2.40. The van der Waals surface area contributed by atoms with Crippen LogP contribution in [0.25, 0.3) is 0 Å². The van der Waals surface area contributed by atoms with Gasteiger partial charge in [-0.1, -0.05) is 19.9 Å². The number of nitrogens with one attached hydrogen (secondary N) is 2. The topological polar surface area (TPSA) is 84.5 Å². The van der Waals surface area contributed by atoms with Gasteiger partial charge in [-0.05, 0) is 36.5 Å². The van der Waals surface area contributed by atoms with E-state index in [-0.39, 0.29) is 22.5 Å². The molecule has 2 rings (SSSR count). The van der Waals surface area contributed by atoms with Crippen molar-refractivity contribution in [1.29, 1.82) is 0 Å². The molecule has 0 spiro atoms. The zero-order chi connectivity index (χ0) is 16.3. The monoisotopic (exact) mass is 326 g/mol. The van der Waals surface area contributed by atoms with E-state index in [0.717, 1.165) is 12.0 Å². The van der Waals surface area contributed by atoms with Crippen molar-refractivity contribution in [3.05, 3.63) is 23.8 Å². The average Bonchev–Trinajstić information content (AvgIpc) is 2.48. The molecule has 1 amide bonds. The third kappa shape index (κ3) is 3.59. The quantitative estimate of drug-likeness (QED) is 0.856. The number of piperidine rings is 1. The van der Waals surface area contributed by atoms with E-state index >= 15 is 0 Å². The third-order valence-electron chi connectivity index (χ3n) is 3.73. The predicted molar refractivity (Wildman–Crippen MR) is 83.4 cm³/mol. The van der Waals surface area contributed by atoms with Crippen LogP contribution in [0.4, 0.5) is 0 Å². The Morgan fingerprint density at radius 2 is 2.09 bits per heavy atom. The van der Waals surface area contributed by atoms with Crippen LogP contribution in [0.2, 0.25) is 0 Å². The molecule has 1 fully saturated rings. The first kappa shape index (κ1) is 16.8. The van der Waals surface area contributed by atoms with Gasteiger partial charge in [0.15, 0.2) is 0 Å². The minimum Gasteiger partial charge on any atom is -0.495 e. The lowest BCUT2D eigenvalue weighted by atomic mass is 10.0. The van der Waals surface area contributed by atoms with Crippen LogP contribution in [0, 0.1) is 0 Å². The van der Waals surface area contributed by atoms with Crippen molar-refractivity contribution in [1.82, 2.24) is 10.0 Å². The van der Waals surface area contributed by atoms with Crippen molar-refractivity contribution in [2.24, 2.45) is 0 Å². The molecule has 6 nitrogen and oxygen atoms in total. The maximum absolute atomic E-state index is 12.6. The molecule has 0 bridgehead atoms. The number of hydrogen-bond donors (Lipinski definition) is 2. The Balaban J connectivity index is 2.35. The van der Waals surface area contributed by atoms with Gasteiger partial charge in [0.1, 0.15) is 16.7 Å².